The molecule has 0 spiro atoms. The number of hydrogen-bond donors (Lipinski definition) is 6. The van der Waals surface area contributed by atoms with E-state index in [1.54, 1.807) is 0 Å². The van der Waals surface area contributed by atoms with Gasteiger partial charge in [0.05, 0.1) is 0 Å². The molecule has 13 heteroatoms. The van der Waals surface area contributed by atoms with Gasteiger partial charge in [-0.05, 0) is 0 Å². The predicted molar refractivity (Wildman–Crippen MR) is 35.2 cm³/mol. The molecule has 0 fully saturated rings. The third-order valence-corrected chi connectivity index (χ3v) is 0.234. The molecule has 6 N–H and O–H groups in total. The first-order valence-corrected chi connectivity index (χ1v) is 2.44. The molecule has 0 aliphatic carbocycles. The molecule has 0 aliphatic rings. The average molecular weight is 386 g/mol. The third-order valence-electron chi connectivity index (χ3n) is 0.234. The summed E-state index contributed by atoms with van der Waals surface area (Å²) in [4.78, 5) is 34.7. The molecule has 12 nitrogen and oxygen atoms in total. The quantitative estimate of drug-likeness (QED) is 0.191. The maximum atomic E-state index is 8.90. The fraction of sp³-hybridized carbons (Fsp3) is 0. The van der Waals surface area contributed by atoms with Crippen LogP contribution in [-0.2, 0) is 14.7 Å². The Morgan fingerprint density at radius 3 is 0.688 bits per heavy atom. The second kappa shape index (κ2) is 19.8. The van der Waals surface area contributed by atoms with E-state index in [4.69, 9.17) is 45.5 Å². The molecule has 0 saturated heterocycles. The zero-order valence-corrected chi connectivity index (χ0v) is 9.44. The molecule has 0 unspecified atom stereocenters. The van der Waals surface area contributed by atoms with Gasteiger partial charge in [-0.25, -0.2) is 14.4 Å². The van der Waals surface area contributed by atoms with Crippen LogP contribution in [0.15, 0.2) is 0 Å². The van der Waals surface area contributed by atoms with E-state index in [1.807, 2.05) is 0 Å². The van der Waals surface area contributed by atoms with Crippen molar-refractivity contribution < 1.29 is 110 Å². The van der Waals surface area contributed by atoms with Crippen LogP contribution in [0.3, 0.4) is 0 Å². The van der Waals surface area contributed by atoms with E-state index in [0.29, 0.717) is 0 Å². The van der Waals surface area contributed by atoms with Gasteiger partial charge in [-0.3, -0.25) is 14.7 Å². The van der Waals surface area contributed by atoms with Gasteiger partial charge in [-0.1, -0.05) is 0 Å². The average Bonchev–Trinajstić information content (AvgIpc) is 2.19. The minimum Gasteiger partial charge on any atom is -0.448 e. The number of carbonyl (C=O) groups is 3. The molecule has 0 atom stereocenters. The van der Waals surface area contributed by atoms with Crippen LogP contribution >= 0.6 is 0 Å². The molecule has 0 aromatic heterocycles. The van der Waals surface area contributed by atoms with Gasteiger partial charge in [-0.2, -0.15) is 15.8 Å². The molecule has 0 aromatic rings. The van der Waals surface area contributed by atoms with Crippen LogP contribution in [0.4, 0.5) is 14.4 Å². The standard InChI is InChI=1S/3CH2O4.Eu/c3*2-1(3)5-4;/h3*4H,(H,2,3);. The van der Waals surface area contributed by atoms with Gasteiger partial charge in [0.15, 0.2) is 0 Å². The van der Waals surface area contributed by atoms with E-state index >= 15 is 0 Å². The topological polar surface area (TPSA) is 200 Å². The summed E-state index contributed by atoms with van der Waals surface area (Å²) in [6.07, 6.45) is -5.07. The first kappa shape index (κ1) is 24.5. The Bertz CT molecular complexity index is 155. The van der Waals surface area contributed by atoms with Gasteiger partial charge in [0.1, 0.15) is 0 Å². The zero-order valence-electron chi connectivity index (χ0n) is 7.01. The van der Waals surface area contributed by atoms with Crippen molar-refractivity contribution in [2.24, 2.45) is 0 Å². The van der Waals surface area contributed by atoms with Gasteiger partial charge in [0.25, 0.3) is 0 Å². The summed E-state index contributed by atoms with van der Waals surface area (Å²) in [5, 5.41) is 42.9. The van der Waals surface area contributed by atoms with E-state index in [-0.39, 0.29) is 49.4 Å². The van der Waals surface area contributed by atoms with Crippen LogP contribution in [0, 0.1) is 49.4 Å². The van der Waals surface area contributed by atoms with Crippen LogP contribution in [0.25, 0.3) is 0 Å². The monoisotopic (exact) mass is 387 g/mol. The largest absolute Gasteiger partial charge is 0.537 e. The van der Waals surface area contributed by atoms with Crippen molar-refractivity contribution in [2.45, 2.75) is 0 Å². The van der Waals surface area contributed by atoms with Gasteiger partial charge in [0.2, 0.25) is 0 Å². The molecular formula is C3H6EuO12. The van der Waals surface area contributed by atoms with E-state index < -0.39 is 18.5 Å². The minimum atomic E-state index is -1.69. The molecule has 0 aromatic carbocycles. The van der Waals surface area contributed by atoms with Crippen LogP contribution < -0.4 is 0 Å². The van der Waals surface area contributed by atoms with Crippen molar-refractivity contribution in [3.05, 3.63) is 0 Å². The van der Waals surface area contributed by atoms with Crippen molar-refractivity contribution in [1.29, 1.82) is 0 Å². The Labute approximate surface area is 127 Å². The van der Waals surface area contributed by atoms with Crippen molar-refractivity contribution in [1.82, 2.24) is 0 Å². The predicted octanol–water partition coefficient (Wildman–Crippen LogP) is 0.462. The fourth-order valence-corrected chi connectivity index (χ4v) is 0. The molecule has 0 bridgehead atoms. The van der Waals surface area contributed by atoms with E-state index in [0.717, 1.165) is 0 Å². The van der Waals surface area contributed by atoms with Crippen molar-refractivity contribution in [2.75, 3.05) is 0 Å². The minimum absolute atomic E-state index is 0. The molecular weight excluding hydrogens is 380 g/mol. The summed E-state index contributed by atoms with van der Waals surface area (Å²) >= 11 is 0. The second-order valence-corrected chi connectivity index (χ2v) is 1.07. The zero-order chi connectivity index (χ0) is 12.9. The van der Waals surface area contributed by atoms with Crippen LogP contribution in [-0.4, -0.2) is 49.6 Å². The second-order valence-electron chi connectivity index (χ2n) is 1.07. The normalized spacial score (nSPS) is 6.19. The summed E-state index contributed by atoms with van der Waals surface area (Å²) in [6.45, 7) is 0. The van der Waals surface area contributed by atoms with Crippen LogP contribution in [0.5, 0.6) is 0 Å². The molecule has 97 valence electrons. The number of hydrogen-bond acceptors (Lipinski definition) is 9. The van der Waals surface area contributed by atoms with Gasteiger partial charge < -0.3 is 15.3 Å². The maximum absolute atomic E-state index is 8.90. The Hall–Kier alpha value is -0.726. The van der Waals surface area contributed by atoms with E-state index in [1.165, 1.54) is 0 Å². The van der Waals surface area contributed by atoms with Gasteiger partial charge in [-0.15, -0.1) is 0 Å². The summed E-state index contributed by atoms with van der Waals surface area (Å²) in [6, 6.07) is 0. The van der Waals surface area contributed by atoms with Crippen LogP contribution in [0.1, 0.15) is 0 Å². The van der Waals surface area contributed by atoms with Gasteiger partial charge >= 0.3 is 18.5 Å². The Morgan fingerprint density at radius 2 is 0.688 bits per heavy atom. The van der Waals surface area contributed by atoms with E-state index in [9.17, 15) is 0 Å². The maximum Gasteiger partial charge on any atom is 0.537 e. The molecule has 0 aliphatic heterocycles. The van der Waals surface area contributed by atoms with Gasteiger partial charge in [0, 0.05) is 49.4 Å². The third kappa shape index (κ3) is 71.9. The number of rotatable bonds is 0. The molecule has 1 radical (unpaired) electrons. The summed E-state index contributed by atoms with van der Waals surface area (Å²) in [7, 11) is 0. The molecule has 16 heavy (non-hydrogen) atoms. The van der Waals surface area contributed by atoms with Crippen molar-refractivity contribution >= 4 is 18.5 Å². The molecule has 0 heterocycles. The molecule has 0 saturated carbocycles. The Balaban J connectivity index is -0.0000000655. The van der Waals surface area contributed by atoms with E-state index in [2.05, 4.69) is 14.7 Å². The Morgan fingerprint density at radius 1 is 0.625 bits per heavy atom. The SMILES string of the molecule is O=C(O)OO.O=C(O)OO.O=C(O)OO.[Eu]. The van der Waals surface area contributed by atoms with Crippen molar-refractivity contribution in [3.63, 3.8) is 0 Å². The smallest absolute Gasteiger partial charge is 0.448 e. The molecule has 0 rings (SSSR count). The summed E-state index contributed by atoms with van der Waals surface area (Å²) in [5.41, 5.74) is 0. The fourth-order valence-electron chi connectivity index (χ4n) is 0. The van der Waals surface area contributed by atoms with Crippen molar-refractivity contribution in [3.8, 4) is 0 Å². The van der Waals surface area contributed by atoms with Crippen LogP contribution in [0.2, 0.25) is 0 Å². The first-order valence-electron chi connectivity index (χ1n) is 2.44. The summed E-state index contributed by atoms with van der Waals surface area (Å²) in [5.74, 6) is 0. The first-order chi connectivity index (χ1) is 6.81. The summed E-state index contributed by atoms with van der Waals surface area (Å²) < 4.78 is 0. The Kier molecular flexibility index (Phi) is 30.3. The number of carboxylic acid groups (broad SMARTS) is 3. The molecule has 0 amide bonds.